The standard InChI is InChI=1S/C28H51N3O13/c1-4-5-6-7-8-9-16(2)26(41)29-10-12-31(17(3)34)13-11-30-27(42)23(39)22(38)25(18(35)14-32)44-28-24(40)21(37)20(36)19(15-33)43-28/h18-25,28,32-33,35-40H,2,4-15H2,1,3H3,(H,29,41)(H,30,42)/t18?,19?,20-,21-,22?,23?,24?,25?,28-/m0/s1. The maximum Gasteiger partial charge on any atom is 0.251 e. The van der Waals surface area contributed by atoms with Crippen LogP contribution in [-0.2, 0) is 23.9 Å². The molecule has 1 heterocycles. The molecule has 1 fully saturated rings. The zero-order valence-corrected chi connectivity index (χ0v) is 25.5. The van der Waals surface area contributed by atoms with Crippen LogP contribution in [0, 0.1) is 0 Å². The van der Waals surface area contributed by atoms with Crippen LogP contribution in [0.2, 0.25) is 0 Å². The van der Waals surface area contributed by atoms with Gasteiger partial charge in [-0.1, -0.05) is 39.2 Å². The molecule has 0 aliphatic carbocycles. The van der Waals surface area contributed by atoms with Crippen molar-refractivity contribution in [3.8, 4) is 0 Å². The predicted octanol–water partition coefficient (Wildman–Crippen LogP) is -3.76. The van der Waals surface area contributed by atoms with Crippen LogP contribution in [0.4, 0.5) is 0 Å². The summed E-state index contributed by atoms with van der Waals surface area (Å²) in [5.74, 6) is -1.78. The Morgan fingerprint density at radius 3 is 2.11 bits per heavy atom. The molecule has 1 saturated heterocycles. The smallest absolute Gasteiger partial charge is 0.251 e. The van der Waals surface area contributed by atoms with E-state index in [2.05, 4.69) is 24.1 Å². The van der Waals surface area contributed by atoms with E-state index in [0.29, 0.717) is 12.0 Å². The Bertz CT molecular complexity index is 893. The molecule has 44 heavy (non-hydrogen) atoms. The van der Waals surface area contributed by atoms with Gasteiger partial charge in [-0.05, 0) is 12.8 Å². The molecule has 1 aliphatic heterocycles. The summed E-state index contributed by atoms with van der Waals surface area (Å²) < 4.78 is 10.4. The molecule has 10 N–H and O–H groups in total. The van der Waals surface area contributed by atoms with E-state index in [1.54, 1.807) is 0 Å². The number of amides is 3. The van der Waals surface area contributed by atoms with Crippen LogP contribution in [0.15, 0.2) is 12.2 Å². The van der Waals surface area contributed by atoms with Crippen molar-refractivity contribution in [2.24, 2.45) is 0 Å². The number of carbonyl (C=O) groups excluding carboxylic acids is 3. The lowest BCUT2D eigenvalue weighted by atomic mass is 9.98. The number of carbonyl (C=O) groups is 3. The van der Waals surface area contributed by atoms with Gasteiger partial charge in [-0.25, -0.2) is 0 Å². The monoisotopic (exact) mass is 637 g/mol. The molecule has 0 aromatic rings. The normalized spacial score (nSPS) is 24.5. The Morgan fingerprint density at radius 1 is 0.932 bits per heavy atom. The number of hydrogen-bond donors (Lipinski definition) is 10. The van der Waals surface area contributed by atoms with Gasteiger partial charge in [0.25, 0.3) is 5.91 Å². The predicted molar refractivity (Wildman–Crippen MR) is 155 cm³/mol. The quantitative estimate of drug-likeness (QED) is 0.0429. The van der Waals surface area contributed by atoms with Crippen molar-refractivity contribution in [3.05, 3.63) is 12.2 Å². The first kappa shape index (κ1) is 39.8. The lowest BCUT2D eigenvalue weighted by Crippen LogP contribution is -2.62. The van der Waals surface area contributed by atoms with Gasteiger partial charge in [0.1, 0.15) is 42.7 Å². The van der Waals surface area contributed by atoms with Crippen LogP contribution in [0.1, 0.15) is 52.4 Å². The van der Waals surface area contributed by atoms with E-state index in [4.69, 9.17) is 9.47 Å². The second kappa shape index (κ2) is 20.7. The summed E-state index contributed by atoms with van der Waals surface area (Å²) >= 11 is 0. The van der Waals surface area contributed by atoms with Gasteiger partial charge in [0, 0.05) is 38.7 Å². The highest BCUT2D eigenvalue weighted by Crippen LogP contribution is 2.25. The summed E-state index contributed by atoms with van der Waals surface area (Å²) in [5, 5.41) is 85.0. The molecule has 16 heteroatoms. The lowest BCUT2D eigenvalue weighted by Gasteiger charge is -2.42. The van der Waals surface area contributed by atoms with Crippen LogP contribution in [-0.4, -0.2) is 158 Å². The molecular weight excluding hydrogens is 586 g/mol. The van der Waals surface area contributed by atoms with Crippen molar-refractivity contribution in [2.75, 3.05) is 39.4 Å². The molecule has 0 radical (unpaired) electrons. The maximum absolute atomic E-state index is 12.5. The van der Waals surface area contributed by atoms with Gasteiger partial charge in [0.05, 0.1) is 13.2 Å². The van der Waals surface area contributed by atoms with Crippen molar-refractivity contribution in [1.82, 2.24) is 15.5 Å². The average Bonchev–Trinajstić information content (AvgIpc) is 3.00. The molecule has 256 valence electrons. The van der Waals surface area contributed by atoms with Gasteiger partial charge in [-0.2, -0.15) is 0 Å². The highest BCUT2D eigenvalue weighted by atomic mass is 16.7. The zero-order chi connectivity index (χ0) is 33.4. The average molecular weight is 638 g/mol. The molecule has 0 bridgehead atoms. The maximum atomic E-state index is 12.5. The molecule has 0 aromatic heterocycles. The van der Waals surface area contributed by atoms with Crippen LogP contribution in [0.3, 0.4) is 0 Å². The summed E-state index contributed by atoms with van der Waals surface area (Å²) in [5.41, 5.74) is 0.454. The van der Waals surface area contributed by atoms with E-state index in [9.17, 15) is 55.2 Å². The van der Waals surface area contributed by atoms with Crippen molar-refractivity contribution < 1.29 is 64.7 Å². The van der Waals surface area contributed by atoms with E-state index >= 15 is 0 Å². The number of aliphatic hydroxyl groups excluding tert-OH is 8. The van der Waals surface area contributed by atoms with Crippen molar-refractivity contribution in [1.29, 1.82) is 0 Å². The van der Waals surface area contributed by atoms with Gasteiger partial charge in [-0.3, -0.25) is 14.4 Å². The minimum atomic E-state index is -2.23. The Hall–Kier alpha value is -2.25. The zero-order valence-electron chi connectivity index (χ0n) is 25.5. The fraction of sp³-hybridized carbons (Fsp3) is 0.821. The third kappa shape index (κ3) is 12.6. The number of ether oxygens (including phenoxy) is 2. The Balaban J connectivity index is 2.63. The second-order valence-corrected chi connectivity index (χ2v) is 10.8. The molecule has 9 atom stereocenters. The van der Waals surface area contributed by atoms with Gasteiger partial charge in [0.2, 0.25) is 11.8 Å². The van der Waals surface area contributed by atoms with Gasteiger partial charge >= 0.3 is 0 Å². The largest absolute Gasteiger partial charge is 0.394 e. The van der Waals surface area contributed by atoms with Crippen molar-refractivity contribution >= 4 is 17.7 Å². The SMILES string of the molecule is C=C(CCCCCCC)C(=O)NCCN(CCNC(=O)C(O)C(O)C(O[C@@H]1OC(CO)[C@H](O)[C@H](O)C1O)C(O)CO)C(C)=O. The van der Waals surface area contributed by atoms with Crippen LogP contribution < -0.4 is 10.6 Å². The van der Waals surface area contributed by atoms with Gasteiger partial charge in [-0.15, -0.1) is 0 Å². The van der Waals surface area contributed by atoms with E-state index in [1.807, 2.05) is 0 Å². The fourth-order valence-corrected chi connectivity index (χ4v) is 4.50. The van der Waals surface area contributed by atoms with E-state index in [1.165, 1.54) is 11.8 Å². The number of nitrogens with one attached hydrogen (secondary N) is 2. The Morgan fingerprint density at radius 2 is 1.55 bits per heavy atom. The lowest BCUT2D eigenvalue weighted by molar-refractivity contribution is -0.326. The topological polar surface area (TPSA) is 259 Å². The fourth-order valence-electron chi connectivity index (χ4n) is 4.50. The Labute approximate surface area is 257 Å². The minimum absolute atomic E-state index is 0.0117. The third-order valence-corrected chi connectivity index (χ3v) is 7.33. The molecule has 1 rings (SSSR count). The van der Waals surface area contributed by atoms with E-state index in [0.717, 1.165) is 32.1 Å². The summed E-state index contributed by atoms with van der Waals surface area (Å²) in [4.78, 5) is 38.2. The molecule has 6 unspecified atom stereocenters. The summed E-state index contributed by atoms with van der Waals surface area (Å²) in [6.07, 6.45) is -11.1. The molecule has 16 nitrogen and oxygen atoms in total. The summed E-state index contributed by atoms with van der Waals surface area (Å²) in [6, 6.07) is 0. The first-order chi connectivity index (χ1) is 20.8. The second-order valence-electron chi connectivity index (χ2n) is 10.8. The molecule has 3 amide bonds. The van der Waals surface area contributed by atoms with E-state index < -0.39 is 74.2 Å². The van der Waals surface area contributed by atoms with E-state index in [-0.39, 0.29) is 38.0 Å². The molecular formula is C28H51N3O13. The first-order valence-electron chi connectivity index (χ1n) is 14.9. The number of aliphatic hydroxyl groups is 8. The van der Waals surface area contributed by atoms with Gasteiger partial charge < -0.3 is 65.9 Å². The highest BCUT2D eigenvalue weighted by molar-refractivity contribution is 5.92. The van der Waals surface area contributed by atoms with Crippen LogP contribution in [0.5, 0.6) is 0 Å². The summed E-state index contributed by atoms with van der Waals surface area (Å²) in [7, 11) is 0. The highest BCUT2D eigenvalue weighted by Gasteiger charge is 2.47. The number of unbranched alkanes of at least 4 members (excludes halogenated alkanes) is 4. The first-order valence-corrected chi connectivity index (χ1v) is 14.9. The third-order valence-electron chi connectivity index (χ3n) is 7.33. The number of rotatable bonds is 21. The summed E-state index contributed by atoms with van der Waals surface area (Å²) in [6.45, 7) is 5.52. The van der Waals surface area contributed by atoms with Crippen LogP contribution >= 0.6 is 0 Å². The molecule has 0 aromatic carbocycles. The minimum Gasteiger partial charge on any atom is -0.394 e. The van der Waals surface area contributed by atoms with Crippen molar-refractivity contribution in [2.45, 2.75) is 107 Å². The number of hydrogen-bond acceptors (Lipinski definition) is 13. The molecule has 1 aliphatic rings. The Kier molecular flexibility index (Phi) is 18.7. The van der Waals surface area contributed by atoms with Crippen LogP contribution in [0.25, 0.3) is 0 Å². The van der Waals surface area contributed by atoms with Crippen molar-refractivity contribution in [3.63, 3.8) is 0 Å². The van der Waals surface area contributed by atoms with Gasteiger partial charge in [0.15, 0.2) is 12.4 Å². The number of nitrogens with zero attached hydrogens (tertiary/aromatic N) is 1. The molecule has 0 spiro atoms. The molecule has 0 saturated carbocycles.